The summed E-state index contributed by atoms with van der Waals surface area (Å²) in [5.41, 5.74) is 7.21. The number of nitrogens with two attached hydrogens (primary N) is 1. The Morgan fingerprint density at radius 2 is 2.00 bits per heavy atom. The van der Waals surface area contributed by atoms with Crippen LogP contribution in [0.4, 0.5) is 11.5 Å². The highest BCUT2D eigenvalue weighted by Crippen LogP contribution is 2.31. The number of hydrogen-bond donors (Lipinski definition) is 2. The summed E-state index contributed by atoms with van der Waals surface area (Å²) in [4.78, 5) is 16.0. The molecule has 7 heteroatoms. The molecule has 0 spiro atoms. The van der Waals surface area contributed by atoms with Crippen LogP contribution in [0.25, 0.3) is 0 Å². The molecule has 1 amide bonds. The number of amides is 1. The molecule has 0 fully saturated rings. The molecule has 1 heterocycles. The van der Waals surface area contributed by atoms with Crippen LogP contribution in [0.15, 0.2) is 24.3 Å². The number of rotatable bonds is 3. The largest absolute Gasteiger partial charge is 0.495 e. The second-order valence-electron chi connectivity index (χ2n) is 4.36. The van der Waals surface area contributed by atoms with Crippen molar-refractivity contribution in [2.75, 3.05) is 18.2 Å². The van der Waals surface area contributed by atoms with Crippen molar-refractivity contribution in [2.45, 2.75) is 6.92 Å². The van der Waals surface area contributed by atoms with Crippen LogP contribution in [-0.4, -0.2) is 18.0 Å². The first kappa shape index (κ1) is 15.4. The number of anilines is 2. The van der Waals surface area contributed by atoms with Crippen LogP contribution in [0.3, 0.4) is 0 Å². The Kier molecular flexibility index (Phi) is 4.55. The summed E-state index contributed by atoms with van der Waals surface area (Å²) in [6.07, 6.45) is 0. The second kappa shape index (κ2) is 6.20. The maximum absolute atomic E-state index is 12.2. The van der Waals surface area contributed by atoms with E-state index in [0.717, 1.165) is 5.56 Å². The van der Waals surface area contributed by atoms with Gasteiger partial charge in [-0.2, -0.15) is 0 Å². The van der Waals surface area contributed by atoms with Crippen molar-refractivity contribution in [3.8, 4) is 5.75 Å². The van der Waals surface area contributed by atoms with Crippen LogP contribution in [0, 0.1) is 6.92 Å². The lowest BCUT2D eigenvalue weighted by Crippen LogP contribution is -2.13. The van der Waals surface area contributed by atoms with Gasteiger partial charge in [0.25, 0.3) is 5.91 Å². The number of hydrogen-bond acceptors (Lipinski definition) is 4. The number of carbonyl (C=O) groups is 1. The lowest BCUT2D eigenvalue weighted by atomic mass is 10.2. The molecule has 0 aliphatic carbocycles. The SMILES string of the molecule is COc1cc(Cl)c(C)cc1NC(=O)c1cc(N)nc(Cl)c1. The van der Waals surface area contributed by atoms with Crippen molar-refractivity contribution in [1.29, 1.82) is 0 Å². The highest BCUT2D eigenvalue weighted by atomic mass is 35.5. The predicted octanol–water partition coefficient (Wildman–Crippen LogP) is 3.54. The van der Waals surface area contributed by atoms with E-state index in [1.54, 1.807) is 12.1 Å². The van der Waals surface area contributed by atoms with Crippen molar-refractivity contribution in [1.82, 2.24) is 4.98 Å². The molecule has 1 aromatic heterocycles. The number of aryl methyl sites for hydroxylation is 1. The topological polar surface area (TPSA) is 77.2 Å². The van der Waals surface area contributed by atoms with E-state index in [4.69, 9.17) is 33.7 Å². The maximum Gasteiger partial charge on any atom is 0.256 e. The van der Waals surface area contributed by atoms with Crippen LogP contribution in [0.2, 0.25) is 10.2 Å². The van der Waals surface area contributed by atoms with E-state index in [2.05, 4.69) is 10.3 Å². The molecule has 0 saturated heterocycles. The summed E-state index contributed by atoms with van der Waals surface area (Å²) in [7, 11) is 1.50. The summed E-state index contributed by atoms with van der Waals surface area (Å²) in [5.74, 6) is 0.269. The minimum Gasteiger partial charge on any atom is -0.495 e. The number of halogens is 2. The Morgan fingerprint density at radius 3 is 2.62 bits per heavy atom. The van der Waals surface area contributed by atoms with Crippen LogP contribution < -0.4 is 15.8 Å². The van der Waals surface area contributed by atoms with Gasteiger partial charge in [0.15, 0.2) is 0 Å². The first-order valence-electron chi connectivity index (χ1n) is 5.99. The fourth-order valence-corrected chi connectivity index (χ4v) is 2.14. The summed E-state index contributed by atoms with van der Waals surface area (Å²) in [6, 6.07) is 6.24. The van der Waals surface area contributed by atoms with Crippen LogP contribution in [-0.2, 0) is 0 Å². The maximum atomic E-state index is 12.2. The molecule has 0 aliphatic rings. The zero-order chi connectivity index (χ0) is 15.6. The number of carbonyl (C=O) groups excluding carboxylic acids is 1. The average Bonchev–Trinajstić information content (AvgIpc) is 2.41. The van der Waals surface area contributed by atoms with E-state index >= 15 is 0 Å². The molecular formula is C14H13Cl2N3O2. The van der Waals surface area contributed by atoms with Crippen molar-refractivity contribution < 1.29 is 9.53 Å². The molecule has 0 saturated carbocycles. The lowest BCUT2D eigenvalue weighted by Gasteiger charge is -2.12. The van der Waals surface area contributed by atoms with Gasteiger partial charge in [-0.25, -0.2) is 4.98 Å². The first-order chi connectivity index (χ1) is 9.90. The van der Waals surface area contributed by atoms with Crippen molar-refractivity contribution in [3.63, 3.8) is 0 Å². The summed E-state index contributed by atoms with van der Waals surface area (Å²) in [6.45, 7) is 1.83. The normalized spacial score (nSPS) is 10.3. The number of nitrogen functional groups attached to an aromatic ring is 1. The summed E-state index contributed by atoms with van der Waals surface area (Å²) >= 11 is 11.8. The van der Waals surface area contributed by atoms with Gasteiger partial charge in [-0.15, -0.1) is 0 Å². The van der Waals surface area contributed by atoms with Crippen LogP contribution in [0.1, 0.15) is 15.9 Å². The van der Waals surface area contributed by atoms with E-state index in [9.17, 15) is 4.79 Å². The predicted molar refractivity (Wildman–Crippen MR) is 84.4 cm³/mol. The van der Waals surface area contributed by atoms with Gasteiger partial charge in [0.2, 0.25) is 0 Å². The Morgan fingerprint density at radius 1 is 1.29 bits per heavy atom. The third kappa shape index (κ3) is 3.56. The fraction of sp³-hybridized carbons (Fsp3) is 0.143. The molecule has 21 heavy (non-hydrogen) atoms. The monoisotopic (exact) mass is 325 g/mol. The van der Waals surface area contributed by atoms with Crippen LogP contribution >= 0.6 is 23.2 Å². The standard InChI is InChI=1S/C14H13Cl2N3O2/c1-7-3-10(11(21-2)6-9(7)15)18-14(20)8-4-12(16)19-13(17)5-8/h3-6H,1-2H3,(H2,17,19)(H,18,20). The Bertz CT molecular complexity index is 685. The van der Waals surface area contributed by atoms with E-state index in [-0.39, 0.29) is 16.9 Å². The number of ether oxygens (including phenoxy) is 1. The minimum absolute atomic E-state index is 0.152. The molecule has 5 nitrogen and oxygen atoms in total. The third-order valence-electron chi connectivity index (χ3n) is 2.81. The Hall–Kier alpha value is -1.98. The van der Waals surface area contributed by atoms with Gasteiger partial charge >= 0.3 is 0 Å². The molecule has 0 unspecified atom stereocenters. The number of aromatic nitrogens is 1. The second-order valence-corrected chi connectivity index (χ2v) is 5.15. The first-order valence-corrected chi connectivity index (χ1v) is 6.75. The van der Waals surface area contributed by atoms with E-state index in [0.29, 0.717) is 22.0 Å². The molecule has 0 bridgehead atoms. The van der Waals surface area contributed by atoms with E-state index < -0.39 is 0 Å². The number of benzene rings is 1. The molecule has 0 radical (unpaired) electrons. The quantitative estimate of drug-likeness (QED) is 0.846. The zero-order valence-corrected chi connectivity index (χ0v) is 12.9. The van der Waals surface area contributed by atoms with Gasteiger partial charge in [-0.05, 0) is 30.7 Å². The van der Waals surface area contributed by atoms with Gasteiger partial charge in [0.05, 0.1) is 12.8 Å². The van der Waals surface area contributed by atoms with Gasteiger partial charge in [0.1, 0.15) is 16.7 Å². The summed E-state index contributed by atoms with van der Waals surface area (Å²) in [5, 5.41) is 3.44. The van der Waals surface area contributed by atoms with Crippen molar-refractivity contribution in [3.05, 3.63) is 45.6 Å². The van der Waals surface area contributed by atoms with Crippen molar-refractivity contribution >= 4 is 40.6 Å². The minimum atomic E-state index is -0.369. The Balaban J connectivity index is 2.33. The van der Waals surface area contributed by atoms with Crippen LogP contribution in [0.5, 0.6) is 5.75 Å². The fourth-order valence-electron chi connectivity index (χ4n) is 1.77. The molecule has 3 N–H and O–H groups in total. The smallest absolute Gasteiger partial charge is 0.256 e. The molecular weight excluding hydrogens is 313 g/mol. The highest BCUT2D eigenvalue weighted by Gasteiger charge is 2.13. The van der Waals surface area contributed by atoms with Crippen molar-refractivity contribution in [2.24, 2.45) is 0 Å². The third-order valence-corrected chi connectivity index (χ3v) is 3.41. The van der Waals surface area contributed by atoms with E-state index in [1.807, 2.05) is 6.92 Å². The average molecular weight is 326 g/mol. The number of nitrogens with zero attached hydrogens (tertiary/aromatic N) is 1. The highest BCUT2D eigenvalue weighted by molar-refractivity contribution is 6.31. The molecule has 0 aliphatic heterocycles. The van der Waals surface area contributed by atoms with Gasteiger partial charge in [0, 0.05) is 16.7 Å². The molecule has 0 atom stereocenters. The summed E-state index contributed by atoms with van der Waals surface area (Å²) < 4.78 is 5.20. The number of methoxy groups -OCH3 is 1. The van der Waals surface area contributed by atoms with Gasteiger partial charge in [-0.1, -0.05) is 23.2 Å². The van der Waals surface area contributed by atoms with Gasteiger partial charge in [-0.3, -0.25) is 4.79 Å². The molecule has 2 rings (SSSR count). The number of nitrogens with one attached hydrogen (secondary N) is 1. The van der Waals surface area contributed by atoms with Gasteiger partial charge < -0.3 is 15.8 Å². The lowest BCUT2D eigenvalue weighted by molar-refractivity contribution is 0.102. The molecule has 2 aromatic rings. The van der Waals surface area contributed by atoms with E-state index in [1.165, 1.54) is 19.2 Å². The molecule has 110 valence electrons. The zero-order valence-electron chi connectivity index (χ0n) is 11.4. The number of pyridine rings is 1. The molecule has 1 aromatic carbocycles. The Labute approximate surface area is 132 Å².